The molecule has 3 aromatic carbocycles. The third kappa shape index (κ3) is 7.54. The molecule has 4 rings (SSSR count). The Morgan fingerprint density at radius 1 is 1.08 bits per heavy atom. The van der Waals surface area contributed by atoms with Crippen LogP contribution in [0.5, 0.6) is 11.5 Å². The summed E-state index contributed by atoms with van der Waals surface area (Å²) < 4.78 is 16.2. The number of amides is 1. The minimum absolute atomic E-state index is 0.237. The summed E-state index contributed by atoms with van der Waals surface area (Å²) in [6.07, 6.45) is 1.50. The second-order valence-corrected chi connectivity index (χ2v) is 10.2. The summed E-state index contributed by atoms with van der Waals surface area (Å²) in [5.74, 6) is -0.00503. The molecular weight excluding hydrogens is 631 g/mol. The standard InChI is InChI=1S/C28H25IN4O5S/c1-17-4-10-21(11-5-17)31-28-32-23(16-39-28)19-6-8-20(9-7-19)27(35)33-30-14-18-12-22(29)26(24(13-18)36-2)38-15-25(34)37-3/h4-14,16H,15H2,1-3H3,(H,31,32)(H,33,35)/b30-14-. The Hall–Kier alpha value is -3.97. The van der Waals surface area contributed by atoms with Crippen molar-refractivity contribution in [3.63, 3.8) is 0 Å². The van der Waals surface area contributed by atoms with Gasteiger partial charge in [0.25, 0.3) is 5.91 Å². The summed E-state index contributed by atoms with van der Waals surface area (Å²) in [6.45, 7) is 1.81. The topological polar surface area (TPSA) is 111 Å². The number of benzene rings is 3. The molecular formula is C28H25IN4O5S. The predicted molar refractivity (Wildman–Crippen MR) is 160 cm³/mol. The molecule has 0 aliphatic carbocycles. The highest BCUT2D eigenvalue weighted by Gasteiger charge is 2.14. The van der Waals surface area contributed by atoms with E-state index >= 15 is 0 Å². The third-order valence-electron chi connectivity index (χ3n) is 5.44. The van der Waals surface area contributed by atoms with Gasteiger partial charge in [-0.15, -0.1) is 11.3 Å². The highest BCUT2D eigenvalue weighted by atomic mass is 127. The van der Waals surface area contributed by atoms with Crippen LogP contribution in [0.1, 0.15) is 21.5 Å². The quantitative estimate of drug-likeness (QED) is 0.0963. The van der Waals surface area contributed by atoms with Crippen molar-refractivity contribution in [2.45, 2.75) is 6.92 Å². The Labute approximate surface area is 243 Å². The van der Waals surface area contributed by atoms with Crippen LogP contribution in [-0.4, -0.2) is 43.9 Å². The van der Waals surface area contributed by atoms with Gasteiger partial charge in [-0.05, 0) is 71.5 Å². The largest absolute Gasteiger partial charge is 0.493 e. The minimum atomic E-state index is -0.499. The van der Waals surface area contributed by atoms with E-state index in [1.54, 1.807) is 24.3 Å². The molecule has 1 aromatic heterocycles. The van der Waals surface area contributed by atoms with Crippen LogP contribution in [0, 0.1) is 10.5 Å². The molecule has 9 nitrogen and oxygen atoms in total. The lowest BCUT2D eigenvalue weighted by molar-refractivity contribution is -0.142. The van der Waals surface area contributed by atoms with Gasteiger partial charge in [0.1, 0.15) is 0 Å². The smallest absolute Gasteiger partial charge is 0.343 e. The van der Waals surface area contributed by atoms with E-state index in [1.807, 2.05) is 48.7 Å². The third-order valence-corrected chi connectivity index (χ3v) is 7.00. The molecule has 0 saturated heterocycles. The fourth-order valence-corrected chi connectivity index (χ4v) is 4.91. The zero-order valence-corrected chi connectivity index (χ0v) is 24.3. The monoisotopic (exact) mass is 656 g/mol. The molecule has 0 fully saturated rings. The second-order valence-electron chi connectivity index (χ2n) is 8.20. The molecule has 0 aliphatic heterocycles. The molecule has 0 spiro atoms. The van der Waals surface area contributed by atoms with Gasteiger partial charge >= 0.3 is 5.97 Å². The number of esters is 1. The van der Waals surface area contributed by atoms with Gasteiger partial charge in [-0.3, -0.25) is 4.79 Å². The summed E-state index contributed by atoms with van der Waals surface area (Å²) in [5.41, 5.74) is 7.57. The molecule has 39 heavy (non-hydrogen) atoms. The molecule has 0 radical (unpaired) electrons. The van der Waals surface area contributed by atoms with Crippen molar-refractivity contribution in [2.75, 3.05) is 26.1 Å². The molecule has 1 amide bonds. The Balaban J connectivity index is 1.36. The second kappa shape index (κ2) is 13.2. The van der Waals surface area contributed by atoms with Gasteiger partial charge in [-0.25, -0.2) is 15.2 Å². The number of hydrogen-bond acceptors (Lipinski definition) is 9. The van der Waals surface area contributed by atoms with Gasteiger partial charge in [-0.2, -0.15) is 5.10 Å². The summed E-state index contributed by atoms with van der Waals surface area (Å²) >= 11 is 3.58. The first-order chi connectivity index (χ1) is 18.9. The maximum atomic E-state index is 12.6. The Bertz CT molecular complexity index is 1490. The number of rotatable bonds is 10. The Kier molecular flexibility index (Phi) is 9.49. The average Bonchev–Trinajstić information content (AvgIpc) is 3.41. The number of ether oxygens (including phenoxy) is 3. The Morgan fingerprint density at radius 2 is 1.82 bits per heavy atom. The van der Waals surface area contributed by atoms with Crippen LogP contribution in [0.25, 0.3) is 11.3 Å². The molecule has 200 valence electrons. The van der Waals surface area contributed by atoms with E-state index in [9.17, 15) is 9.59 Å². The van der Waals surface area contributed by atoms with Crippen LogP contribution in [0.3, 0.4) is 0 Å². The molecule has 0 bridgehead atoms. The Morgan fingerprint density at radius 3 is 2.51 bits per heavy atom. The number of aromatic nitrogens is 1. The van der Waals surface area contributed by atoms with Gasteiger partial charge in [0.05, 0.1) is 29.7 Å². The van der Waals surface area contributed by atoms with E-state index < -0.39 is 5.97 Å². The number of methoxy groups -OCH3 is 2. The van der Waals surface area contributed by atoms with Crippen molar-refractivity contribution >= 4 is 62.8 Å². The number of thiazole rings is 1. The number of halogens is 1. The van der Waals surface area contributed by atoms with Crippen molar-refractivity contribution in [1.29, 1.82) is 0 Å². The highest BCUT2D eigenvalue weighted by Crippen LogP contribution is 2.33. The van der Waals surface area contributed by atoms with Crippen LogP contribution in [0.4, 0.5) is 10.8 Å². The first-order valence-corrected chi connectivity index (χ1v) is 13.6. The van der Waals surface area contributed by atoms with E-state index in [0.29, 0.717) is 26.2 Å². The lowest BCUT2D eigenvalue weighted by atomic mass is 10.1. The highest BCUT2D eigenvalue weighted by molar-refractivity contribution is 14.1. The van der Waals surface area contributed by atoms with Gasteiger partial charge in [0, 0.05) is 22.2 Å². The van der Waals surface area contributed by atoms with Crippen LogP contribution < -0.4 is 20.2 Å². The van der Waals surface area contributed by atoms with Gasteiger partial charge in [0.2, 0.25) is 0 Å². The number of carbonyl (C=O) groups is 2. The zero-order chi connectivity index (χ0) is 27.8. The van der Waals surface area contributed by atoms with E-state index in [1.165, 1.54) is 37.3 Å². The number of hydrogen-bond donors (Lipinski definition) is 2. The number of carbonyl (C=O) groups excluding carboxylic acids is 2. The first-order valence-electron chi connectivity index (χ1n) is 11.7. The van der Waals surface area contributed by atoms with Crippen molar-refractivity contribution in [3.05, 3.63) is 86.3 Å². The zero-order valence-electron chi connectivity index (χ0n) is 21.4. The van der Waals surface area contributed by atoms with Crippen molar-refractivity contribution in [3.8, 4) is 22.8 Å². The number of aryl methyl sites for hydroxylation is 1. The number of nitrogens with zero attached hydrogens (tertiary/aromatic N) is 2. The maximum absolute atomic E-state index is 12.6. The number of hydrazone groups is 1. The summed E-state index contributed by atoms with van der Waals surface area (Å²) in [4.78, 5) is 28.6. The summed E-state index contributed by atoms with van der Waals surface area (Å²) in [6, 6.07) is 18.8. The molecule has 0 unspecified atom stereocenters. The van der Waals surface area contributed by atoms with Gasteiger partial charge < -0.3 is 19.5 Å². The van der Waals surface area contributed by atoms with Crippen LogP contribution in [0.15, 0.2) is 71.1 Å². The minimum Gasteiger partial charge on any atom is -0.493 e. The fourth-order valence-electron chi connectivity index (χ4n) is 3.39. The maximum Gasteiger partial charge on any atom is 0.343 e. The van der Waals surface area contributed by atoms with Crippen molar-refractivity contribution in [1.82, 2.24) is 10.4 Å². The van der Waals surface area contributed by atoms with Crippen LogP contribution in [0.2, 0.25) is 0 Å². The lowest BCUT2D eigenvalue weighted by Gasteiger charge is -2.12. The lowest BCUT2D eigenvalue weighted by Crippen LogP contribution is -2.17. The summed E-state index contributed by atoms with van der Waals surface area (Å²) in [5, 5.41) is 10.1. The molecule has 4 aromatic rings. The first kappa shape index (κ1) is 28.0. The van der Waals surface area contributed by atoms with Crippen LogP contribution >= 0.6 is 33.9 Å². The molecule has 11 heteroatoms. The van der Waals surface area contributed by atoms with E-state index in [4.69, 9.17) is 9.47 Å². The number of nitrogens with one attached hydrogen (secondary N) is 2. The predicted octanol–water partition coefficient (Wildman–Crippen LogP) is 5.79. The van der Waals surface area contributed by atoms with Crippen LogP contribution in [-0.2, 0) is 9.53 Å². The number of anilines is 2. The molecule has 2 N–H and O–H groups in total. The summed E-state index contributed by atoms with van der Waals surface area (Å²) in [7, 11) is 2.79. The average molecular weight is 657 g/mol. The van der Waals surface area contributed by atoms with Crippen molar-refractivity contribution < 1.29 is 23.8 Å². The molecule has 0 aliphatic rings. The van der Waals surface area contributed by atoms with Gasteiger partial charge in [-0.1, -0.05) is 29.8 Å². The molecule has 1 heterocycles. The normalized spacial score (nSPS) is 10.8. The van der Waals surface area contributed by atoms with Crippen molar-refractivity contribution in [2.24, 2.45) is 5.10 Å². The van der Waals surface area contributed by atoms with Gasteiger partial charge in [0.15, 0.2) is 23.2 Å². The SMILES string of the molecule is COC(=O)COc1c(I)cc(/C=N\NC(=O)c2ccc(-c3csc(Nc4ccc(C)cc4)n3)cc2)cc1OC. The fraction of sp³-hybridized carbons (Fsp3) is 0.143. The van der Waals surface area contributed by atoms with E-state index in [-0.39, 0.29) is 12.5 Å². The molecule has 0 atom stereocenters. The molecule has 0 saturated carbocycles. The van der Waals surface area contributed by atoms with E-state index in [0.717, 1.165) is 22.1 Å². The van der Waals surface area contributed by atoms with E-state index in [2.05, 4.69) is 48.2 Å².